The third kappa shape index (κ3) is 4.72. The van der Waals surface area contributed by atoms with Crippen molar-refractivity contribution in [1.29, 1.82) is 0 Å². The fourth-order valence-corrected chi connectivity index (χ4v) is 3.92. The lowest BCUT2D eigenvalue weighted by atomic mass is 10.2. The molecule has 0 unspecified atom stereocenters. The first-order valence-corrected chi connectivity index (χ1v) is 10.4. The lowest BCUT2D eigenvalue weighted by Gasteiger charge is -2.12. The largest absolute Gasteiger partial charge is 0.467 e. The van der Waals surface area contributed by atoms with E-state index in [1.54, 1.807) is 25.1 Å². The molecule has 0 aliphatic heterocycles. The molecule has 0 radical (unpaired) electrons. The Morgan fingerprint density at radius 3 is 2.78 bits per heavy atom. The van der Waals surface area contributed by atoms with Crippen LogP contribution in [0.3, 0.4) is 0 Å². The van der Waals surface area contributed by atoms with E-state index in [2.05, 4.69) is 15.3 Å². The number of thioether (sulfide) groups is 1. The van der Waals surface area contributed by atoms with Crippen molar-refractivity contribution < 1.29 is 22.4 Å². The maximum atomic E-state index is 13.0. The molecule has 0 saturated carbocycles. The number of benzene rings is 1. The van der Waals surface area contributed by atoms with Crippen molar-refractivity contribution in [2.75, 3.05) is 11.1 Å². The summed E-state index contributed by atoms with van der Waals surface area (Å²) in [6.07, 6.45) is -3.02. The number of rotatable bonds is 6. The third-order valence-electron chi connectivity index (χ3n) is 4.54. The molecule has 0 bridgehead atoms. The molecule has 0 spiro atoms. The van der Waals surface area contributed by atoms with Crippen LogP contribution < -0.4 is 10.9 Å². The van der Waals surface area contributed by atoms with Crippen molar-refractivity contribution in [2.24, 2.45) is 0 Å². The zero-order valence-corrected chi connectivity index (χ0v) is 17.5. The maximum absolute atomic E-state index is 13.0. The van der Waals surface area contributed by atoms with E-state index in [9.17, 15) is 22.8 Å². The Kier molecular flexibility index (Phi) is 5.83. The third-order valence-corrected chi connectivity index (χ3v) is 5.51. The molecule has 11 heteroatoms. The number of hydrogen-bond donors (Lipinski definition) is 2. The molecule has 32 heavy (non-hydrogen) atoms. The number of nitrogens with one attached hydrogen (secondary N) is 2. The predicted octanol–water partition coefficient (Wildman–Crippen LogP) is 4.42. The number of furan rings is 1. The normalized spacial score (nSPS) is 11.8. The number of anilines is 1. The number of amides is 1. The molecule has 4 rings (SSSR count). The van der Waals surface area contributed by atoms with E-state index >= 15 is 0 Å². The molecule has 1 aromatic carbocycles. The van der Waals surface area contributed by atoms with Crippen molar-refractivity contribution in [3.63, 3.8) is 0 Å². The van der Waals surface area contributed by atoms with Crippen molar-refractivity contribution in [3.8, 4) is 0 Å². The predicted molar refractivity (Wildman–Crippen MR) is 114 cm³/mol. The van der Waals surface area contributed by atoms with Crippen molar-refractivity contribution in [2.45, 2.75) is 24.8 Å². The number of carbonyl (C=O) groups excluding carboxylic acids is 1. The second kappa shape index (κ2) is 8.58. The van der Waals surface area contributed by atoms with Crippen LogP contribution in [0.15, 0.2) is 63.1 Å². The molecule has 0 aliphatic rings. The van der Waals surface area contributed by atoms with Gasteiger partial charge in [0.15, 0.2) is 5.16 Å². The Balaban J connectivity index is 1.56. The van der Waals surface area contributed by atoms with Gasteiger partial charge in [-0.2, -0.15) is 13.2 Å². The first-order valence-electron chi connectivity index (χ1n) is 9.43. The van der Waals surface area contributed by atoms with E-state index in [4.69, 9.17) is 4.42 Å². The van der Waals surface area contributed by atoms with Crippen molar-refractivity contribution >= 4 is 34.4 Å². The summed E-state index contributed by atoms with van der Waals surface area (Å²) in [5.74, 6) is -0.152. The van der Waals surface area contributed by atoms with Gasteiger partial charge in [-0.3, -0.25) is 14.2 Å². The Morgan fingerprint density at radius 2 is 2.06 bits per heavy atom. The highest BCUT2D eigenvalue weighted by atomic mass is 32.2. The molecule has 4 aromatic rings. The molecular formula is C21H17F3N4O3S. The smallest absolute Gasteiger partial charge is 0.416 e. The van der Waals surface area contributed by atoms with E-state index in [-0.39, 0.29) is 28.7 Å². The van der Waals surface area contributed by atoms with Gasteiger partial charge in [0.2, 0.25) is 5.91 Å². The van der Waals surface area contributed by atoms with Gasteiger partial charge in [-0.25, -0.2) is 4.98 Å². The van der Waals surface area contributed by atoms with Crippen LogP contribution in [0.5, 0.6) is 0 Å². The number of halogens is 3. The quantitative estimate of drug-likeness (QED) is 0.327. The molecule has 0 atom stereocenters. The minimum absolute atomic E-state index is 0.0306. The summed E-state index contributed by atoms with van der Waals surface area (Å²) in [4.78, 5) is 32.8. The Morgan fingerprint density at radius 1 is 1.25 bits per heavy atom. The summed E-state index contributed by atoms with van der Waals surface area (Å²) >= 11 is 1.01. The van der Waals surface area contributed by atoms with Crippen LogP contribution in [-0.4, -0.2) is 26.2 Å². The summed E-state index contributed by atoms with van der Waals surface area (Å²) < 4.78 is 45.3. The molecule has 3 aromatic heterocycles. The van der Waals surface area contributed by atoms with E-state index in [1.165, 1.54) is 23.0 Å². The second-order valence-electron chi connectivity index (χ2n) is 6.99. The van der Waals surface area contributed by atoms with Gasteiger partial charge in [0.05, 0.1) is 29.6 Å². The molecule has 3 heterocycles. The average molecular weight is 462 g/mol. The topological polar surface area (TPSA) is 92.9 Å². The van der Waals surface area contributed by atoms with Gasteiger partial charge in [0.25, 0.3) is 5.56 Å². The van der Waals surface area contributed by atoms with Crippen molar-refractivity contribution in [1.82, 2.24) is 14.5 Å². The van der Waals surface area contributed by atoms with E-state index in [0.717, 1.165) is 29.6 Å². The van der Waals surface area contributed by atoms with Crippen LogP contribution in [0, 0.1) is 6.92 Å². The van der Waals surface area contributed by atoms with Crippen LogP contribution in [0.1, 0.15) is 17.0 Å². The highest BCUT2D eigenvalue weighted by Gasteiger charge is 2.30. The van der Waals surface area contributed by atoms with Crippen molar-refractivity contribution in [3.05, 3.63) is 76.1 Å². The molecular weight excluding hydrogens is 445 g/mol. The minimum atomic E-state index is -4.51. The highest BCUT2D eigenvalue weighted by Crippen LogP contribution is 2.30. The monoisotopic (exact) mass is 462 g/mol. The molecule has 0 saturated heterocycles. The Labute approximate surface area is 183 Å². The highest BCUT2D eigenvalue weighted by molar-refractivity contribution is 7.99. The zero-order valence-electron chi connectivity index (χ0n) is 16.7. The maximum Gasteiger partial charge on any atom is 0.416 e. The molecule has 2 N–H and O–H groups in total. The zero-order chi connectivity index (χ0) is 22.9. The van der Waals surface area contributed by atoms with Crippen LogP contribution in [-0.2, 0) is 17.5 Å². The summed E-state index contributed by atoms with van der Waals surface area (Å²) in [7, 11) is 0. The summed E-state index contributed by atoms with van der Waals surface area (Å²) in [5.41, 5.74) is 0.419. The lowest BCUT2D eigenvalue weighted by Crippen LogP contribution is -2.24. The lowest BCUT2D eigenvalue weighted by molar-refractivity contribution is -0.137. The van der Waals surface area contributed by atoms with E-state index in [0.29, 0.717) is 16.8 Å². The Hall–Kier alpha value is -3.47. The number of carbonyl (C=O) groups is 1. The second-order valence-corrected chi connectivity index (χ2v) is 7.94. The number of fused-ring (bicyclic) bond motifs is 1. The van der Waals surface area contributed by atoms with Gasteiger partial charge < -0.3 is 14.7 Å². The molecule has 166 valence electrons. The van der Waals surface area contributed by atoms with Crippen LogP contribution in [0.4, 0.5) is 18.9 Å². The first-order chi connectivity index (χ1) is 15.2. The fourth-order valence-electron chi connectivity index (χ4n) is 3.12. The number of nitrogens with zero attached hydrogens (tertiary/aromatic N) is 2. The SMILES string of the molecule is Cc1cc2nc(SCC(=O)Nc3cccc(C(F)(F)F)c3)n(Cc3ccco3)c(=O)c2[nH]1. The van der Waals surface area contributed by atoms with E-state index in [1.807, 2.05) is 0 Å². The van der Waals surface area contributed by atoms with E-state index < -0.39 is 17.6 Å². The van der Waals surface area contributed by atoms with Gasteiger partial charge in [-0.05, 0) is 43.3 Å². The number of alkyl halides is 3. The van der Waals surface area contributed by atoms with Crippen LogP contribution in [0.2, 0.25) is 0 Å². The molecule has 0 aliphatic carbocycles. The van der Waals surface area contributed by atoms with Gasteiger partial charge in [-0.15, -0.1) is 0 Å². The van der Waals surface area contributed by atoms with Gasteiger partial charge in [-0.1, -0.05) is 17.8 Å². The van der Waals surface area contributed by atoms with Crippen LogP contribution >= 0.6 is 11.8 Å². The van der Waals surface area contributed by atoms with Gasteiger partial charge >= 0.3 is 6.18 Å². The number of aromatic nitrogens is 3. The average Bonchev–Trinajstić information content (AvgIpc) is 3.37. The standard InChI is InChI=1S/C21H17F3N4O3S/c1-12-8-16-18(25-12)19(30)28(10-15-6-3-7-31-15)20(27-16)32-11-17(29)26-14-5-2-4-13(9-14)21(22,23)24/h2-9,25H,10-11H2,1H3,(H,26,29). The number of H-pyrrole nitrogens is 1. The summed E-state index contributed by atoms with van der Waals surface area (Å²) in [5, 5.41) is 2.73. The summed E-state index contributed by atoms with van der Waals surface area (Å²) in [6.45, 7) is 1.91. The minimum Gasteiger partial charge on any atom is -0.467 e. The molecule has 7 nitrogen and oxygen atoms in total. The summed E-state index contributed by atoms with van der Waals surface area (Å²) in [6, 6.07) is 9.51. The molecule has 1 amide bonds. The number of aryl methyl sites for hydroxylation is 1. The fraction of sp³-hybridized carbons (Fsp3) is 0.190. The molecule has 0 fully saturated rings. The Bertz CT molecular complexity index is 1330. The van der Waals surface area contributed by atoms with Gasteiger partial charge in [0, 0.05) is 11.4 Å². The first kappa shape index (κ1) is 21.8. The van der Waals surface area contributed by atoms with Crippen LogP contribution in [0.25, 0.3) is 11.0 Å². The number of hydrogen-bond acceptors (Lipinski definition) is 5. The number of aromatic amines is 1. The van der Waals surface area contributed by atoms with Gasteiger partial charge in [0.1, 0.15) is 11.3 Å².